The molecule has 0 radical (unpaired) electrons. The molecule has 0 spiro atoms. The molecule has 112 valence electrons. The van der Waals surface area contributed by atoms with Crippen molar-refractivity contribution < 1.29 is 0 Å². The molecular weight excluding hydrogens is 340 g/mol. The van der Waals surface area contributed by atoms with Gasteiger partial charge in [0.15, 0.2) is 0 Å². The lowest BCUT2D eigenvalue weighted by Crippen LogP contribution is -2.14. The maximum atomic E-state index is 4.69. The monoisotopic (exact) mass is 356 g/mol. The van der Waals surface area contributed by atoms with Crippen LogP contribution in [0.3, 0.4) is 0 Å². The molecule has 0 aliphatic heterocycles. The van der Waals surface area contributed by atoms with Gasteiger partial charge in [-0.3, -0.25) is 0 Å². The Balaban J connectivity index is 2.08. The summed E-state index contributed by atoms with van der Waals surface area (Å²) in [6.07, 6.45) is 0. The average molecular weight is 357 g/mol. The normalized spacial score (nSPS) is 11.1. The predicted molar refractivity (Wildman–Crippen MR) is 94.4 cm³/mol. The van der Waals surface area contributed by atoms with Crippen LogP contribution < -0.4 is 5.32 Å². The molecule has 0 aliphatic rings. The second-order valence-electron chi connectivity index (χ2n) is 5.35. The van der Waals surface area contributed by atoms with Crippen LogP contribution in [0.15, 0.2) is 53.0 Å². The molecule has 0 unspecified atom stereocenters. The van der Waals surface area contributed by atoms with E-state index in [1.54, 1.807) is 0 Å². The minimum absolute atomic E-state index is 0.704. The molecule has 4 nitrogen and oxygen atoms in total. The van der Waals surface area contributed by atoms with Crippen LogP contribution in [-0.4, -0.2) is 29.0 Å². The molecular formula is C17H17BrN4. The lowest BCUT2D eigenvalue weighted by Gasteiger charge is -2.14. The van der Waals surface area contributed by atoms with Crippen molar-refractivity contribution in [1.82, 2.24) is 14.9 Å². The van der Waals surface area contributed by atoms with Crippen LogP contribution in [0.5, 0.6) is 0 Å². The van der Waals surface area contributed by atoms with Gasteiger partial charge in [0.1, 0.15) is 11.6 Å². The number of benzene rings is 2. The van der Waals surface area contributed by atoms with Gasteiger partial charge in [-0.15, -0.1) is 0 Å². The lowest BCUT2D eigenvalue weighted by molar-refractivity contribution is 0.391. The van der Waals surface area contributed by atoms with Crippen molar-refractivity contribution in [2.24, 2.45) is 0 Å². The first kappa shape index (κ1) is 14.9. The fourth-order valence-corrected chi connectivity index (χ4v) is 2.65. The number of halogens is 1. The van der Waals surface area contributed by atoms with E-state index in [-0.39, 0.29) is 0 Å². The quantitative estimate of drug-likeness (QED) is 0.760. The third-order valence-corrected chi connectivity index (χ3v) is 3.93. The van der Waals surface area contributed by atoms with Crippen molar-refractivity contribution >= 4 is 38.3 Å². The summed E-state index contributed by atoms with van der Waals surface area (Å²) in [6, 6.07) is 16.1. The predicted octanol–water partition coefficient (Wildman–Crippen LogP) is 4.20. The molecule has 0 saturated carbocycles. The standard InChI is InChI=1S/C17H17BrN4/c1-22(2)11-16-19-14-9-5-3-7-12(14)17(21-16)20-15-10-6-4-8-13(15)18/h3-10H,11H2,1-2H3,(H,19,20,21). The Morgan fingerprint density at radius 1 is 1.00 bits per heavy atom. The van der Waals surface area contributed by atoms with Crippen molar-refractivity contribution in [3.05, 3.63) is 58.8 Å². The number of anilines is 2. The zero-order valence-corrected chi connectivity index (χ0v) is 14.1. The van der Waals surface area contributed by atoms with Crippen LogP contribution in [-0.2, 0) is 6.54 Å². The van der Waals surface area contributed by atoms with Gasteiger partial charge in [0.2, 0.25) is 0 Å². The van der Waals surface area contributed by atoms with Crippen molar-refractivity contribution in [2.45, 2.75) is 6.54 Å². The number of fused-ring (bicyclic) bond motifs is 1. The van der Waals surface area contributed by atoms with Gasteiger partial charge < -0.3 is 10.2 Å². The minimum atomic E-state index is 0.704. The average Bonchev–Trinajstić information content (AvgIpc) is 2.49. The highest BCUT2D eigenvalue weighted by molar-refractivity contribution is 9.10. The molecule has 0 amide bonds. The van der Waals surface area contributed by atoms with E-state index < -0.39 is 0 Å². The number of para-hydroxylation sites is 2. The summed E-state index contributed by atoms with van der Waals surface area (Å²) >= 11 is 3.56. The lowest BCUT2D eigenvalue weighted by atomic mass is 10.2. The van der Waals surface area contributed by atoms with Crippen molar-refractivity contribution in [3.8, 4) is 0 Å². The number of rotatable bonds is 4. The first-order valence-corrected chi connectivity index (χ1v) is 7.85. The molecule has 1 aromatic heterocycles. The number of aromatic nitrogens is 2. The molecule has 3 rings (SSSR count). The van der Waals surface area contributed by atoms with Crippen LogP contribution >= 0.6 is 15.9 Å². The van der Waals surface area contributed by atoms with Crippen molar-refractivity contribution in [1.29, 1.82) is 0 Å². The second-order valence-corrected chi connectivity index (χ2v) is 6.20. The molecule has 5 heteroatoms. The van der Waals surface area contributed by atoms with E-state index in [0.29, 0.717) is 6.54 Å². The van der Waals surface area contributed by atoms with Gasteiger partial charge in [0, 0.05) is 9.86 Å². The van der Waals surface area contributed by atoms with Crippen LogP contribution in [0.25, 0.3) is 10.9 Å². The molecule has 22 heavy (non-hydrogen) atoms. The fraction of sp³-hybridized carbons (Fsp3) is 0.176. The Bertz CT molecular complexity index is 802. The van der Waals surface area contributed by atoms with Crippen molar-refractivity contribution in [3.63, 3.8) is 0 Å². The van der Waals surface area contributed by atoms with E-state index in [2.05, 4.69) is 31.1 Å². The maximum Gasteiger partial charge on any atom is 0.145 e. The molecule has 0 bridgehead atoms. The molecule has 0 aliphatic carbocycles. The van der Waals surface area contributed by atoms with Gasteiger partial charge in [-0.2, -0.15) is 0 Å². The number of nitrogens with zero attached hydrogens (tertiary/aromatic N) is 3. The van der Waals surface area contributed by atoms with Crippen LogP contribution in [0.1, 0.15) is 5.82 Å². The summed E-state index contributed by atoms with van der Waals surface area (Å²) in [5, 5.41) is 4.43. The first-order chi connectivity index (χ1) is 10.6. The highest BCUT2D eigenvalue weighted by Crippen LogP contribution is 2.28. The van der Waals surface area contributed by atoms with Gasteiger partial charge in [-0.25, -0.2) is 9.97 Å². The van der Waals surface area contributed by atoms with Crippen LogP contribution in [0, 0.1) is 0 Å². The summed E-state index contributed by atoms with van der Waals surface area (Å²) in [5.41, 5.74) is 1.94. The Kier molecular flexibility index (Phi) is 4.36. The largest absolute Gasteiger partial charge is 0.339 e. The van der Waals surface area contributed by atoms with E-state index in [1.165, 1.54) is 0 Å². The van der Waals surface area contributed by atoms with Crippen LogP contribution in [0.2, 0.25) is 0 Å². The highest BCUT2D eigenvalue weighted by Gasteiger charge is 2.09. The van der Waals surface area contributed by atoms with E-state index in [4.69, 9.17) is 4.98 Å². The summed E-state index contributed by atoms with van der Waals surface area (Å²) in [4.78, 5) is 11.4. The molecule has 1 heterocycles. The van der Waals surface area contributed by atoms with Gasteiger partial charge in [-0.1, -0.05) is 24.3 Å². The zero-order valence-electron chi connectivity index (χ0n) is 12.5. The fourth-order valence-electron chi connectivity index (χ4n) is 2.26. The minimum Gasteiger partial charge on any atom is -0.339 e. The van der Waals surface area contributed by atoms with Crippen molar-refractivity contribution in [2.75, 3.05) is 19.4 Å². The SMILES string of the molecule is CN(C)Cc1nc(Nc2ccccc2Br)c2ccccc2n1. The van der Waals surface area contributed by atoms with Gasteiger partial charge in [0.25, 0.3) is 0 Å². The number of nitrogens with one attached hydrogen (secondary N) is 1. The highest BCUT2D eigenvalue weighted by atomic mass is 79.9. The Labute approximate surface area is 138 Å². The smallest absolute Gasteiger partial charge is 0.145 e. The zero-order chi connectivity index (χ0) is 15.5. The van der Waals surface area contributed by atoms with E-state index in [1.807, 2.05) is 62.6 Å². The molecule has 2 aromatic carbocycles. The van der Waals surface area contributed by atoms with Gasteiger partial charge in [-0.05, 0) is 54.3 Å². The summed E-state index contributed by atoms with van der Waals surface area (Å²) in [6.45, 7) is 0.704. The summed E-state index contributed by atoms with van der Waals surface area (Å²) in [5.74, 6) is 1.63. The Hall–Kier alpha value is -1.98. The maximum absolute atomic E-state index is 4.69. The first-order valence-electron chi connectivity index (χ1n) is 7.05. The van der Waals surface area contributed by atoms with E-state index >= 15 is 0 Å². The van der Waals surface area contributed by atoms with E-state index in [0.717, 1.165) is 32.7 Å². The molecule has 3 aromatic rings. The Morgan fingerprint density at radius 3 is 2.50 bits per heavy atom. The Morgan fingerprint density at radius 2 is 1.73 bits per heavy atom. The van der Waals surface area contributed by atoms with Gasteiger partial charge in [0.05, 0.1) is 17.7 Å². The van der Waals surface area contributed by atoms with E-state index in [9.17, 15) is 0 Å². The molecule has 0 saturated heterocycles. The molecule has 0 fully saturated rings. The second kappa shape index (κ2) is 6.42. The number of hydrogen-bond acceptors (Lipinski definition) is 4. The third-order valence-electron chi connectivity index (χ3n) is 3.23. The third kappa shape index (κ3) is 3.26. The summed E-state index contributed by atoms with van der Waals surface area (Å²) < 4.78 is 1.01. The number of hydrogen-bond donors (Lipinski definition) is 1. The van der Waals surface area contributed by atoms with Gasteiger partial charge >= 0.3 is 0 Å². The topological polar surface area (TPSA) is 41.1 Å². The molecule has 0 atom stereocenters. The van der Waals surface area contributed by atoms with Crippen LogP contribution in [0.4, 0.5) is 11.5 Å². The summed E-state index contributed by atoms with van der Waals surface area (Å²) in [7, 11) is 4.03. The molecule has 1 N–H and O–H groups in total.